The minimum absolute atomic E-state index is 0.0255. The zero-order valence-corrected chi connectivity index (χ0v) is 15.2. The van der Waals surface area contributed by atoms with E-state index in [0.29, 0.717) is 0 Å². The molecule has 0 aliphatic carbocycles. The number of hydrogen-bond donors (Lipinski definition) is 1. The summed E-state index contributed by atoms with van der Waals surface area (Å²) in [5.41, 5.74) is 2.80. The van der Waals surface area contributed by atoms with Crippen molar-refractivity contribution in [3.8, 4) is 0 Å². The largest absolute Gasteiger partial charge is 0.326 e. The van der Waals surface area contributed by atoms with E-state index in [2.05, 4.69) is 23.7 Å². The van der Waals surface area contributed by atoms with Gasteiger partial charge in [0.2, 0.25) is 0 Å². The maximum absolute atomic E-state index is 13.2. The molecule has 1 saturated heterocycles. The highest BCUT2D eigenvalue weighted by molar-refractivity contribution is 5.75. The fraction of sp³-hybridized carbons (Fsp3) is 0.381. The summed E-state index contributed by atoms with van der Waals surface area (Å²) in [5, 5.41) is 0. The van der Waals surface area contributed by atoms with Crippen LogP contribution in [0.15, 0.2) is 53.3 Å². The van der Waals surface area contributed by atoms with Crippen LogP contribution in [0.2, 0.25) is 0 Å². The molecule has 0 unspecified atom stereocenters. The Morgan fingerprint density at radius 2 is 1.69 bits per heavy atom. The number of aromatic nitrogens is 2. The van der Waals surface area contributed by atoms with Crippen LogP contribution in [0, 0.1) is 5.82 Å². The SMILES string of the molecule is CC(C)(c1ccc(F)cc1)N1CCC(n2c(=O)[nH]c3ccccc32)CC1. The van der Waals surface area contributed by atoms with Crippen LogP contribution < -0.4 is 5.69 Å². The van der Waals surface area contributed by atoms with Gasteiger partial charge < -0.3 is 4.98 Å². The van der Waals surface area contributed by atoms with Crippen molar-refractivity contribution in [3.63, 3.8) is 0 Å². The molecule has 0 saturated carbocycles. The lowest BCUT2D eigenvalue weighted by atomic mass is 9.89. The molecule has 1 aliphatic heterocycles. The molecule has 0 spiro atoms. The van der Waals surface area contributed by atoms with Crippen molar-refractivity contribution in [2.24, 2.45) is 0 Å². The molecule has 1 aromatic heterocycles. The van der Waals surface area contributed by atoms with Crippen LogP contribution in [0.25, 0.3) is 11.0 Å². The molecular formula is C21H24FN3O. The molecule has 3 aromatic rings. The number of piperidine rings is 1. The fourth-order valence-electron chi connectivity index (χ4n) is 4.16. The second-order valence-electron chi connectivity index (χ2n) is 7.60. The number of likely N-dealkylation sites (tertiary alicyclic amines) is 1. The van der Waals surface area contributed by atoms with E-state index in [1.165, 1.54) is 12.1 Å². The van der Waals surface area contributed by atoms with Gasteiger partial charge in [-0.05, 0) is 56.5 Å². The van der Waals surface area contributed by atoms with E-state index >= 15 is 0 Å². The Balaban J connectivity index is 1.54. The van der Waals surface area contributed by atoms with Crippen LogP contribution in [-0.4, -0.2) is 27.5 Å². The van der Waals surface area contributed by atoms with Gasteiger partial charge in [0.05, 0.1) is 11.0 Å². The molecule has 4 nitrogen and oxygen atoms in total. The summed E-state index contributed by atoms with van der Waals surface area (Å²) >= 11 is 0. The highest BCUT2D eigenvalue weighted by Gasteiger charge is 2.33. The second kappa shape index (κ2) is 6.40. The van der Waals surface area contributed by atoms with Crippen molar-refractivity contribution in [2.75, 3.05) is 13.1 Å². The van der Waals surface area contributed by atoms with Gasteiger partial charge >= 0.3 is 5.69 Å². The van der Waals surface area contributed by atoms with Gasteiger partial charge in [0, 0.05) is 24.7 Å². The summed E-state index contributed by atoms with van der Waals surface area (Å²) in [4.78, 5) is 17.8. The molecule has 0 radical (unpaired) electrons. The molecule has 1 N–H and O–H groups in total. The molecule has 0 bridgehead atoms. The lowest BCUT2D eigenvalue weighted by Gasteiger charge is -2.43. The van der Waals surface area contributed by atoms with Crippen LogP contribution >= 0.6 is 0 Å². The number of rotatable bonds is 3. The Kier molecular flexibility index (Phi) is 4.19. The van der Waals surface area contributed by atoms with E-state index in [9.17, 15) is 9.18 Å². The van der Waals surface area contributed by atoms with Crippen molar-refractivity contribution in [3.05, 3.63) is 70.4 Å². The number of imidazole rings is 1. The highest BCUT2D eigenvalue weighted by Crippen LogP contribution is 2.34. The van der Waals surface area contributed by atoms with Crippen molar-refractivity contribution in [1.29, 1.82) is 0 Å². The number of H-pyrrole nitrogens is 1. The number of halogens is 1. The lowest BCUT2D eigenvalue weighted by molar-refractivity contribution is 0.0754. The van der Waals surface area contributed by atoms with Crippen molar-refractivity contribution >= 4 is 11.0 Å². The third-order valence-corrected chi connectivity index (χ3v) is 5.79. The minimum Gasteiger partial charge on any atom is -0.306 e. The van der Waals surface area contributed by atoms with E-state index in [1.807, 2.05) is 41.0 Å². The van der Waals surface area contributed by atoms with Gasteiger partial charge in [-0.15, -0.1) is 0 Å². The van der Waals surface area contributed by atoms with E-state index in [4.69, 9.17) is 0 Å². The number of aromatic amines is 1. The van der Waals surface area contributed by atoms with E-state index in [-0.39, 0.29) is 23.1 Å². The van der Waals surface area contributed by atoms with E-state index in [1.54, 1.807) is 0 Å². The maximum atomic E-state index is 13.2. The third kappa shape index (κ3) is 2.86. The van der Waals surface area contributed by atoms with Gasteiger partial charge in [0.25, 0.3) is 0 Å². The number of benzene rings is 2. The first-order valence-electron chi connectivity index (χ1n) is 9.17. The van der Waals surface area contributed by atoms with Crippen LogP contribution in [0.4, 0.5) is 4.39 Å². The number of fused-ring (bicyclic) bond motifs is 1. The van der Waals surface area contributed by atoms with Gasteiger partial charge in [-0.3, -0.25) is 9.47 Å². The summed E-state index contributed by atoms with van der Waals surface area (Å²) in [6.45, 7) is 6.17. The molecule has 136 valence electrons. The summed E-state index contributed by atoms with van der Waals surface area (Å²) in [5.74, 6) is -0.207. The first-order valence-corrected chi connectivity index (χ1v) is 9.17. The van der Waals surface area contributed by atoms with Gasteiger partial charge in [-0.1, -0.05) is 24.3 Å². The van der Waals surface area contributed by atoms with Crippen LogP contribution in [0.5, 0.6) is 0 Å². The topological polar surface area (TPSA) is 41.0 Å². The Bertz CT molecular complexity index is 963. The van der Waals surface area contributed by atoms with E-state index < -0.39 is 0 Å². The third-order valence-electron chi connectivity index (χ3n) is 5.79. The average Bonchev–Trinajstić information content (AvgIpc) is 2.98. The van der Waals surface area contributed by atoms with Crippen LogP contribution in [-0.2, 0) is 5.54 Å². The van der Waals surface area contributed by atoms with Gasteiger partial charge in [0.1, 0.15) is 5.82 Å². The first kappa shape index (κ1) is 17.0. The predicted molar refractivity (Wildman–Crippen MR) is 102 cm³/mol. The summed E-state index contributed by atoms with van der Waals surface area (Å²) < 4.78 is 15.2. The monoisotopic (exact) mass is 353 g/mol. The molecular weight excluding hydrogens is 329 g/mol. The molecule has 1 aliphatic rings. The maximum Gasteiger partial charge on any atom is 0.326 e. The number of nitrogens with zero attached hydrogens (tertiary/aromatic N) is 2. The summed E-state index contributed by atoms with van der Waals surface area (Å²) in [7, 11) is 0. The summed E-state index contributed by atoms with van der Waals surface area (Å²) in [6, 6.07) is 14.8. The quantitative estimate of drug-likeness (QED) is 0.772. The Morgan fingerprint density at radius 3 is 2.38 bits per heavy atom. The molecule has 5 heteroatoms. The normalized spacial score (nSPS) is 17.0. The fourth-order valence-corrected chi connectivity index (χ4v) is 4.16. The van der Waals surface area contributed by atoms with Crippen molar-refractivity contribution in [2.45, 2.75) is 38.3 Å². The van der Waals surface area contributed by atoms with Crippen LogP contribution in [0.3, 0.4) is 0 Å². The van der Waals surface area contributed by atoms with E-state index in [0.717, 1.165) is 42.5 Å². The molecule has 26 heavy (non-hydrogen) atoms. The Hall–Kier alpha value is -2.40. The molecule has 2 heterocycles. The number of para-hydroxylation sites is 2. The second-order valence-corrected chi connectivity index (χ2v) is 7.60. The molecule has 0 atom stereocenters. The highest BCUT2D eigenvalue weighted by atomic mass is 19.1. The summed E-state index contributed by atoms with van der Waals surface area (Å²) in [6.07, 6.45) is 1.85. The Morgan fingerprint density at radius 1 is 1.04 bits per heavy atom. The zero-order chi connectivity index (χ0) is 18.3. The smallest absolute Gasteiger partial charge is 0.306 e. The Labute approximate surface area is 152 Å². The zero-order valence-electron chi connectivity index (χ0n) is 15.2. The van der Waals surface area contributed by atoms with Gasteiger partial charge in [-0.2, -0.15) is 0 Å². The van der Waals surface area contributed by atoms with Crippen molar-refractivity contribution < 1.29 is 4.39 Å². The van der Waals surface area contributed by atoms with Gasteiger partial charge in [-0.25, -0.2) is 9.18 Å². The van der Waals surface area contributed by atoms with Gasteiger partial charge in [0.15, 0.2) is 0 Å². The molecule has 2 aromatic carbocycles. The lowest BCUT2D eigenvalue weighted by Crippen LogP contribution is -2.47. The average molecular weight is 353 g/mol. The molecule has 1 fully saturated rings. The predicted octanol–water partition coefficient (Wildman–Crippen LogP) is 4.04. The van der Waals surface area contributed by atoms with Crippen molar-refractivity contribution in [1.82, 2.24) is 14.5 Å². The molecule has 4 rings (SSSR count). The standard InChI is InChI=1S/C21H24FN3O/c1-21(2,15-7-9-16(22)10-8-15)24-13-11-17(12-14-24)25-19-6-4-3-5-18(19)23-20(25)26/h3-10,17H,11-14H2,1-2H3,(H,23,26). The number of nitrogens with one attached hydrogen (secondary N) is 1. The number of hydrogen-bond acceptors (Lipinski definition) is 2. The first-order chi connectivity index (χ1) is 12.5. The van der Waals surface area contributed by atoms with Crippen LogP contribution in [0.1, 0.15) is 38.3 Å². The molecule has 0 amide bonds. The minimum atomic E-state index is -0.207.